The lowest BCUT2D eigenvalue weighted by atomic mass is 10.1. The number of rotatable bonds is 7. The van der Waals surface area contributed by atoms with Crippen LogP contribution in [0.5, 0.6) is 11.5 Å². The van der Waals surface area contributed by atoms with Gasteiger partial charge in [0.15, 0.2) is 0 Å². The number of carbonyl (C=O) groups is 1. The summed E-state index contributed by atoms with van der Waals surface area (Å²) in [7, 11) is 3.18. The van der Waals surface area contributed by atoms with E-state index in [-0.39, 0.29) is 25.5 Å². The molecule has 0 bridgehead atoms. The Labute approximate surface area is 150 Å². The fraction of sp³-hybridized carbons (Fsp3) is 0.316. The molecule has 7 heteroatoms. The molecule has 0 aliphatic heterocycles. The van der Waals surface area contributed by atoms with Crippen LogP contribution in [0.2, 0.25) is 0 Å². The molecule has 1 amide bonds. The van der Waals surface area contributed by atoms with Crippen LogP contribution in [0.4, 0.5) is 13.2 Å². The van der Waals surface area contributed by atoms with Crippen molar-refractivity contribution in [2.75, 3.05) is 20.8 Å². The predicted molar refractivity (Wildman–Crippen MR) is 91.0 cm³/mol. The first-order valence-corrected chi connectivity index (χ1v) is 7.96. The van der Waals surface area contributed by atoms with E-state index in [0.29, 0.717) is 17.1 Å². The molecule has 0 fully saturated rings. The minimum absolute atomic E-state index is 0.154. The van der Waals surface area contributed by atoms with Crippen LogP contribution in [0.25, 0.3) is 0 Å². The quantitative estimate of drug-likeness (QED) is 0.738. The van der Waals surface area contributed by atoms with E-state index >= 15 is 0 Å². The molecule has 0 unspecified atom stereocenters. The molecule has 0 radical (unpaired) electrons. The van der Waals surface area contributed by atoms with Crippen LogP contribution >= 0.6 is 0 Å². The fourth-order valence-corrected chi connectivity index (χ4v) is 2.28. The third-order valence-electron chi connectivity index (χ3n) is 3.77. The molecule has 0 N–H and O–H groups in total. The largest absolute Gasteiger partial charge is 0.497 e. The van der Waals surface area contributed by atoms with E-state index in [2.05, 4.69) is 0 Å². The molecule has 0 saturated carbocycles. The van der Waals surface area contributed by atoms with Gasteiger partial charge in [0, 0.05) is 13.6 Å². The predicted octanol–water partition coefficient (Wildman–Crippen LogP) is 4.14. The second-order valence-electron chi connectivity index (χ2n) is 5.72. The van der Waals surface area contributed by atoms with Gasteiger partial charge in [0.05, 0.1) is 25.7 Å². The SMILES string of the molecule is COc1ccc(OCCC(=O)N(C)Cc2ccc(C(F)(F)F)cc2)cc1. The highest BCUT2D eigenvalue weighted by Gasteiger charge is 2.29. The number of nitrogens with zero attached hydrogens (tertiary/aromatic N) is 1. The average Bonchev–Trinajstić information content (AvgIpc) is 2.62. The number of hydrogen-bond acceptors (Lipinski definition) is 3. The zero-order chi connectivity index (χ0) is 19.2. The highest BCUT2D eigenvalue weighted by molar-refractivity contribution is 5.76. The Kier molecular flexibility index (Phi) is 6.49. The van der Waals surface area contributed by atoms with Crippen LogP contribution < -0.4 is 9.47 Å². The minimum Gasteiger partial charge on any atom is -0.497 e. The van der Waals surface area contributed by atoms with Crippen LogP contribution in [-0.2, 0) is 17.5 Å². The van der Waals surface area contributed by atoms with E-state index in [4.69, 9.17) is 9.47 Å². The van der Waals surface area contributed by atoms with Crippen molar-refractivity contribution >= 4 is 5.91 Å². The highest BCUT2D eigenvalue weighted by atomic mass is 19.4. The minimum atomic E-state index is -4.36. The summed E-state index contributed by atoms with van der Waals surface area (Å²) in [5, 5.41) is 0. The summed E-state index contributed by atoms with van der Waals surface area (Å²) in [6.07, 6.45) is -4.19. The summed E-state index contributed by atoms with van der Waals surface area (Å²) < 4.78 is 48.2. The first kappa shape index (κ1) is 19.6. The number of carbonyl (C=O) groups excluding carboxylic acids is 1. The summed E-state index contributed by atoms with van der Waals surface area (Å²) in [4.78, 5) is 13.6. The van der Waals surface area contributed by atoms with Gasteiger partial charge < -0.3 is 14.4 Å². The van der Waals surface area contributed by atoms with Crippen molar-refractivity contribution in [3.8, 4) is 11.5 Å². The number of amides is 1. The maximum absolute atomic E-state index is 12.5. The second-order valence-corrected chi connectivity index (χ2v) is 5.72. The standard InChI is InChI=1S/C19H20F3NO3/c1-23(13-14-3-5-15(6-4-14)19(20,21)22)18(24)11-12-26-17-9-7-16(25-2)8-10-17/h3-10H,11-13H2,1-2H3. The fourth-order valence-electron chi connectivity index (χ4n) is 2.28. The Morgan fingerprint density at radius 3 is 2.12 bits per heavy atom. The van der Waals surface area contributed by atoms with Crippen molar-refractivity contribution < 1.29 is 27.4 Å². The van der Waals surface area contributed by atoms with Gasteiger partial charge in [-0.05, 0) is 42.0 Å². The van der Waals surface area contributed by atoms with Crippen LogP contribution in [0, 0.1) is 0 Å². The number of alkyl halides is 3. The van der Waals surface area contributed by atoms with Crippen molar-refractivity contribution in [1.29, 1.82) is 0 Å². The summed E-state index contributed by atoms with van der Waals surface area (Å²) >= 11 is 0. The van der Waals surface area contributed by atoms with E-state index in [1.807, 2.05) is 0 Å². The molecule has 0 spiro atoms. The van der Waals surface area contributed by atoms with E-state index in [1.165, 1.54) is 17.0 Å². The maximum atomic E-state index is 12.5. The molecule has 0 aliphatic rings. The maximum Gasteiger partial charge on any atom is 0.416 e. The number of methoxy groups -OCH3 is 1. The van der Waals surface area contributed by atoms with Crippen molar-refractivity contribution in [2.45, 2.75) is 19.1 Å². The summed E-state index contributed by atoms with van der Waals surface area (Å²) in [5.41, 5.74) is -0.0759. The Hall–Kier alpha value is -2.70. The Morgan fingerprint density at radius 2 is 1.58 bits per heavy atom. The molecular formula is C19H20F3NO3. The van der Waals surface area contributed by atoms with Gasteiger partial charge in [0.1, 0.15) is 11.5 Å². The molecule has 26 heavy (non-hydrogen) atoms. The molecule has 0 aromatic heterocycles. The van der Waals surface area contributed by atoms with Gasteiger partial charge >= 0.3 is 6.18 Å². The molecule has 0 saturated heterocycles. The molecule has 2 aromatic carbocycles. The lowest BCUT2D eigenvalue weighted by molar-refractivity contribution is -0.137. The normalized spacial score (nSPS) is 11.1. The second kappa shape index (κ2) is 8.60. The first-order valence-electron chi connectivity index (χ1n) is 7.96. The van der Waals surface area contributed by atoms with Crippen LogP contribution in [0.3, 0.4) is 0 Å². The summed E-state index contributed by atoms with van der Waals surface area (Å²) in [5.74, 6) is 1.19. The van der Waals surface area contributed by atoms with E-state index in [9.17, 15) is 18.0 Å². The van der Waals surface area contributed by atoms with Crippen molar-refractivity contribution in [2.24, 2.45) is 0 Å². The van der Waals surface area contributed by atoms with Crippen molar-refractivity contribution in [3.63, 3.8) is 0 Å². The van der Waals surface area contributed by atoms with Crippen molar-refractivity contribution in [1.82, 2.24) is 4.90 Å². The number of benzene rings is 2. The highest BCUT2D eigenvalue weighted by Crippen LogP contribution is 2.29. The smallest absolute Gasteiger partial charge is 0.416 e. The third-order valence-corrected chi connectivity index (χ3v) is 3.77. The zero-order valence-corrected chi connectivity index (χ0v) is 14.5. The lowest BCUT2D eigenvalue weighted by Crippen LogP contribution is -2.27. The topological polar surface area (TPSA) is 38.8 Å². The molecule has 2 aromatic rings. The monoisotopic (exact) mass is 367 g/mol. The molecule has 140 valence electrons. The van der Waals surface area contributed by atoms with Gasteiger partial charge in [0.25, 0.3) is 0 Å². The van der Waals surface area contributed by atoms with Crippen molar-refractivity contribution in [3.05, 3.63) is 59.7 Å². The van der Waals surface area contributed by atoms with Crippen LogP contribution in [0.1, 0.15) is 17.5 Å². The zero-order valence-electron chi connectivity index (χ0n) is 14.5. The van der Waals surface area contributed by atoms with E-state index < -0.39 is 11.7 Å². The number of ether oxygens (including phenoxy) is 2. The van der Waals surface area contributed by atoms with Crippen LogP contribution in [-0.4, -0.2) is 31.6 Å². The number of hydrogen-bond donors (Lipinski definition) is 0. The Bertz CT molecular complexity index is 712. The Morgan fingerprint density at radius 1 is 1.00 bits per heavy atom. The lowest BCUT2D eigenvalue weighted by Gasteiger charge is -2.18. The van der Waals surface area contributed by atoms with Gasteiger partial charge in [-0.3, -0.25) is 4.79 Å². The molecule has 0 aliphatic carbocycles. The third kappa shape index (κ3) is 5.68. The molecule has 2 rings (SSSR count). The average molecular weight is 367 g/mol. The van der Waals surface area contributed by atoms with Gasteiger partial charge in [0.2, 0.25) is 5.91 Å². The van der Waals surface area contributed by atoms with Gasteiger partial charge in [-0.1, -0.05) is 12.1 Å². The summed E-state index contributed by atoms with van der Waals surface area (Å²) in [6.45, 7) is 0.446. The molecule has 0 heterocycles. The first-order chi connectivity index (χ1) is 12.3. The summed E-state index contributed by atoms with van der Waals surface area (Å²) in [6, 6.07) is 11.8. The van der Waals surface area contributed by atoms with E-state index in [0.717, 1.165) is 12.1 Å². The molecular weight excluding hydrogens is 347 g/mol. The van der Waals surface area contributed by atoms with Gasteiger partial charge in [-0.15, -0.1) is 0 Å². The van der Waals surface area contributed by atoms with Gasteiger partial charge in [-0.25, -0.2) is 0 Å². The van der Waals surface area contributed by atoms with Crippen LogP contribution in [0.15, 0.2) is 48.5 Å². The Balaban J connectivity index is 1.79. The molecule has 4 nitrogen and oxygen atoms in total. The molecule has 0 atom stereocenters. The van der Waals surface area contributed by atoms with Gasteiger partial charge in [-0.2, -0.15) is 13.2 Å². The number of halogens is 3. The van der Waals surface area contributed by atoms with E-state index in [1.54, 1.807) is 38.4 Å².